The molecule has 0 aliphatic rings. The predicted octanol–water partition coefficient (Wildman–Crippen LogP) is 5.79. The number of aliphatic imine (C=N–C) groups is 1. The summed E-state index contributed by atoms with van der Waals surface area (Å²) in [5, 5.41) is 29.1. The maximum Gasteiger partial charge on any atom is 0.147 e. The van der Waals surface area contributed by atoms with Crippen LogP contribution < -0.4 is 0 Å². The molecule has 1 aromatic heterocycles. The molecule has 0 saturated heterocycles. The molecular weight excluding hydrogens is 500 g/mol. The molecule has 0 aliphatic heterocycles. The lowest BCUT2D eigenvalue weighted by molar-refractivity contribution is 0.442. The van der Waals surface area contributed by atoms with E-state index in [4.69, 9.17) is 5.26 Å². The van der Waals surface area contributed by atoms with Crippen molar-refractivity contribution in [2.24, 2.45) is 4.99 Å². The molecule has 0 saturated carbocycles. The van der Waals surface area contributed by atoms with Crippen LogP contribution in [-0.2, 0) is 0 Å². The lowest BCUT2D eigenvalue weighted by Crippen LogP contribution is -1.85. The van der Waals surface area contributed by atoms with E-state index < -0.39 is 0 Å². The van der Waals surface area contributed by atoms with Crippen LogP contribution in [0.3, 0.4) is 0 Å². The Hall–Kier alpha value is -3.15. The van der Waals surface area contributed by atoms with Crippen LogP contribution in [-0.4, -0.2) is 26.4 Å². The first-order chi connectivity index (χ1) is 14.0. The molecule has 142 valence electrons. The molecule has 8 heteroatoms. The van der Waals surface area contributed by atoms with Gasteiger partial charge < -0.3 is 15.2 Å². The topological polar surface area (TPSA) is 105 Å². The minimum atomic E-state index is -0.100. The van der Waals surface area contributed by atoms with Crippen LogP contribution in [0.4, 0.5) is 5.69 Å². The number of aromatic hydroxyl groups is 2. The number of nitrogens with zero attached hydrogens (tertiary/aromatic N) is 3. The lowest BCUT2D eigenvalue weighted by Gasteiger charge is -2.06. The third kappa shape index (κ3) is 3.75. The molecule has 1 heterocycles. The standard InChI is InChI=1S/C21H12Br2N4O2/c22-15-7-13(19(28)18(23)20(15)29)10-25-14-4-5-16-17(8-14)27-21(26-16)12-3-1-2-11(6-12)9-24/h1-8,10,28-29H,(H,26,27). The van der Waals surface area contributed by atoms with E-state index in [1.165, 1.54) is 6.21 Å². The van der Waals surface area contributed by atoms with Crippen molar-refractivity contribution in [1.29, 1.82) is 5.26 Å². The number of H-pyrrole nitrogens is 1. The van der Waals surface area contributed by atoms with Crippen LogP contribution in [0, 0.1) is 11.3 Å². The molecule has 29 heavy (non-hydrogen) atoms. The van der Waals surface area contributed by atoms with Gasteiger partial charge >= 0.3 is 0 Å². The van der Waals surface area contributed by atoms with E-state index in [9.17, 15) is 10.2 Å². The molecule has 3 aromatic carbocycles. The first-order valence-corrected chi connectivity index (χ1v) is 9.99. The number of phenolic OH excluding ortho intramolecular Hbond substituents is 2. The molecule has 0 unspecified atom stereocenters. The Bertz CT molecular complexity index is 1320. The van der Waals surface area contributed by atoms with Crippen LogP contribution in [0.2, 0.25) is 0 Å². The van der Waals surface area contributed by atoms with Crippen molar-refractivity contribution in [2.75, 3.05) is 0 Å². The van der Waals surface area contributed by atoms with Gasteiger partial charge in [0.15, 0.2) is 0 Å². The number of nitrogens with one attached hydrogen (secondary N) is 1. The maximum absolute atomic E-state index is 10.2. The SMILES string of the molecule is N#Cc1cccc(-c2nc3ccc(N=Cc4cc(Br)c(O)c(Br)c4O)cc3[nH]2)c1. The fraction of sp³-hybridized carbons (Fsp3) is 0. The van der Waals surface area contributed by atoms with E-state index in [0.29, 0.717) is 27.1 Å². The van der Waals surface area contributed by atoms with Gasteiger partial charge in [-0.15, -0.1) is 0 Å². The van der Waals surface area contributed by atoms with Crippen molar-refractivity contribution in [3.05, 3.63) is 68.6 Å². The molecule has 0 amide bonds. The van der Waals surface area contributed by atoms with Gasteiger partial charge in [0.05, 0.1) is 32.8 Å². The second-order valence-corrected chi connectivity index (χ2v) is 7.84. The lowest BCUT2D eigenvalue weighted by atomic mass is 10.1. The second kappa shape index (κ2) is 7.70. The number of halogens is 2. The zero-order valence-corrected chi connectivity index (χ0v) is 17.9. The number of hydrogen-bond acceptors (Lipinski definition) is 5. The van der Waals surface area contributed by atoms with E-state index in [0.717, 1.165) is 16.6 Å². The Balaban J connectivity index is 1.68. The largest absolute Gasteiger partial charge is 0.506 e. The fourth-order valence-corrected chi connectivity index (χ4v) is 3.96. The minimum absolute atomic E-state index is 0.0773. The molecule has 0 fully saturated rings. The Labute approximate surface area is 182 Å². The third-order valence-corrected chi connectivity index (χ3v) is 5.64. The average Bonchev–Trinajstić information content (AvgIpc) is 3.17. The molecule has 4 rings (SSSR count). The highest BCUT2D eigenvalue weighted by atomic mass is 79.9. The van der Waals surface area contributed by atoms with Crippen molar-refractivity contribution < 1.29 is 10.2 Å². The number of aromatic amines is 1. The van der Waals surface area contributed by atoms with Crippen molar-refractivity contribution in [1.82, 2.24) is 9.97 Å². The molecule has 0 atom stereocenters. The molecule has 0 bridgehead atoms. The number of hydrogen-bond donors (Lipinski definition) is 3. The van der Waals surface area contributed by atoms with Gasteiger partial charge in [0.1, 0.15) is 21.8 Å². The number of benzene rings is 3. The summed E-state index contributed by atoms with van der Waals surface area (Å²) in [6.07, 6.45) is 1.51. The molecule has 0 radical (unpaired) electrons. The highest BCUT2D eigenvalue weighted by Crippen LogP contribution is 2.40. The number of nitriles is 1. The van der Waals surface area contributed by atoms with Crippen LogP contribution >= 0.6 is 31.9 Å². The highest BCUT2D eigenvalue weighted by Gasteiger charge is 2.13. The monoisotopic (exact) mass is 510 g/mol. The van der Waals surface area contributed by atoms with Gasteiger partial charge in [0, 0.05) is 17.3 Å². The van der Waals surface area contributed by atoms with Crippen molar-refractivity contribution in [3.8, 4) is 29.0 Å². The van der Waals surface area contributed by atoms with E-state index >= 15 is 0 Å². The summed E-state index contributed by atoms with van der Waals surface area (Å²) < 4.78 is 0.637. The van der Waals surface area contributed by atoms with Crippen LogP contribution in [0.15, 0.2) is 62.5 Å². The van der Waals surface area contributed by atoms with E-state index in [1.54, 1.807) is 18.2 Å². The smallest absolute Gasteiger partial charge is 0.147 e. The Morgan fingerprint density at radius 1 is 1.07 bits per heavy atom. The Morgan fingerprint density at radius 2 is 1.90 bits per heavy atom. The van der Waals surface area contributed by atoms with Gasteiger partial charge in [-0.3, -0.25) is 4.99 Å². The summed E-state index contributed by atoms with van der Waals surface area (Å²) in [6, 6.07) is 16.4. The van der Waals surface area contributed by atoms with Gasteiger partial charge in [-0.25, -0.2) is 4.98 Å². The number of phenols is 2. The molecule has 0 aliphatic carbocycles. The van der Waals surface area contributed by atoms with Crippen LogP contribution in [0.1, 0.15) is 11.1 Å². The Morgan fingerprint density at radius 3 is 2.69 bits per heavy atom. The zero-order valence-electron chi connectivity index (χ0n) is 14.7. The van der Waals surface area contributed by atoms with Gasteiger partial charge in [0.2, 0.25) is 0 Å². The van der Waals surface area contributed by atoms with Gasteiger partial charge in [-0.2, -0.15) is 5.26 Å². The third-order valence-electron chi connectivity index (χ3n) is 4.28. The molecular formula is C21H12Br2N4O2. The van der Waals surface area contributed by atoms with Gasteiger partial charge in [-0.05, 0) is 68.3 Å². The predicted molar refractivity (Wildman–Crippen MR) is 119 cm³/mol. The number of aromatic nitrogens is 2. The Kier molecular flexibility index (Phi) is 5.09. The van der Waals surface area contributed by atoms with Crippen molar-refractivity contribution in [2.45, 2.75) is 0 Å². The van der Waals surface area contributed by atoms with Gasteiger partial charge in [0.25, 0.3) is 0 Å². The highest BCUT2D eigenvalue weighted by molar-refractivity contribution is 9.11. The fourth-order valence-electron chi connectivity index (χ4n) is 2.81. The molecule has 6 nitrogen and oxygen atoms in total. The second-order valence-electron chi connectivity index (χ2n) is 6.20. The molecule has 0 spiro atoms. The summed E-state index contributed by atoms with van der Waals surface area (Å²) in [5.41, 5.74) is 4.08. The molecule has 4 aromatic rings. The zero-order chi connectivity index (χ0) is 20.5. The van der Waals surface area contributed by atoms with Crippen LogP contribution in [0.25, 0.3) is 22.4 Å². The summed E-state index contributed by atoms with van der Waals surface area (Å²) in [6.45, 7) is 0. The van der Waals surface area contributed by atoms with Gasteiger partial charge in [-0.1, -0.05) is 12.1 Å². The first kappa shape index (κ1) is 19.2. The quantitative estimate of drug-likeness (QED) is 0.303. The summed E-state index contributed by atoms with van der Waals surface area (Å²) >= 11 is 6.39. The van der Waals surface area contributed by atoms with Crippen LogP contribution in [0.5, 0.6) is 11.5 Å². The molecule has 3 N–H and O–H groups in total. The normalized spacial score (nSPS) is 11.2. The van der Waals surface area contributed by atoms with Crippen molar-refractivity contribution >= 4 is 54.8 Å². The minimum Gasteiger partial charge on any atom is -0.506 e. The number of imidazole rings is 1. The average molecular weight is 512 g/mol. The first-order valence-electron chi connectivity index (χ1n) is 8.40. The maximum atomic E-state index is 10.2. The summed E-state index contributed by atoms with van der Waals surface area (Å²) in [5.74, 6) is 0.491. The number of rotatable bonds is 3. The summed E-state index contributed by atoms with van der Waals surface area (Å²) in [4.78, 5) is 12.2. The van der Waals surface area contributed by atoms with Crippen molar-refractivity contribution in [3.63, 3.8) is 0 Å². The van der Waals surface area contributed by atoms with E-state index in [1.807, 2.05) is 30.3 Å². The summed E-state index contributed by atoms with van der Waals surface area (Å²) in [7, 11) is 0. The van der Waals surface area contributed by atoms with E-state index in [2.05, 4.69) is 52.9 Å². The number of fused-ring (bicyclic) bond motifs is 1. The van der Waals surface area contributed by atoms with E-state index in [-0.39, 0.29) is 16.0 Å².